The normalized spacial score (nSPS) is 17.4. The van der Waals surface area contributed by atoms with E-state index in [4.69, 9.17) is 4.74 Å². The van der Waals surface area contributed by atoms with Crippen LogP contribution in [0, 0.1) is 18.6 Å². The smallest absolute Gasteiger partial charge is 0.227 e. The van der Waals surface area contributed by atoms with E-state index in [2.05, 4.69) is 9.97 Å². The van der Waals surface area contributed by atoms with Gasteiger partial charge in [-0.2, -0.15) is 4.98 Å². The molecule has 1 amide bonds. The highest BCUT2D eigenvalue weighted by Crippen LogP contribution is 2.18. The van der Waals surface area contributed by atoms with Crippen LogP contribution in [0.25, 0.3) is 0 Å². The third-order valence-electron chi connectivity index (χ3n) is 4.13. The highest BCUT2D eigenvalue weighted by molar-refractivity contribution is 5.79. The fourth-order valence-corrected chi connectivity index (χ4v) is 2.87. The van der Waals surface area contributed by atoms with Crippen LogP contribution < -0.4 is 4.74 Å². The Balaban J connectivity index is 1.61. The van der Waals surface area contributed by atoms with Crippen LogP contribution in [-0.4, -0.2) is 40.0 Å². The van der Waals surface area contributed by atoms with E-state index in [0.717, 1.165) is 25.0 Å². The minimum Gasteiger partial charge on any atom is -0.472 e. The number of likely N-dealkylation sites (tertiary alicyclic amines) is 1. The maximum atomic E-state index is 13.7. The van der Waals surface area contributed by atoms with E-state index in [0.29, 0.717) is 24.8 Å². The van der Waals surface area contributed by atoms with Gasteiger partial charge >= 0.3 is 0 Å². The zero-order chi connectivity index (χ0) is 17.8. The first-order valence-corrected chi connectivity index (χ1v) is 8.19. The van der Waals surface area contributed by atoms with Crippen LogP contribution in [0.4, 0.5) is 8.78 Å². The molecule has 0 spiro atoms. The molecule has 0 aliphatic carbocycles. The van der Waals surface area contributed by atoms with Gasteiger partial charge in [0, 0.05) is 24.9 Å². The fraction of sp³-hybridized carbons (Fsp3) is 0.389. The fourth-order valence-electron chi connectivity index (χ4n) is 2.87. The van der Waals surface area contributed by atoms with Crippen molar-refractivity contribution in [3.05, 3.63) is 53.5 Å². The number of aryl methyl sites for hydroxylation is 1. The number of amides is 1. The summed E-state index contributed by atoms with van der Waals surface area (Å²) in [5, 5.41) is 0. The van der Waals surface area contributed by atoms with Crippen LogP contribution in [0.1, 0.15) is 24.2 Å². The lowest BCUT2D eigenvalue weighted by Gasteiger charge is -2.32. The molecule has 1 fully saturated rings. The molecule has 1 aromatic carbocycles. The van der Waals surface area contributed by atoms with Gasteiger partial charge in [-0.15, -0.1) is 0 Å². The molecule has 1 aliphatic rings. The monoisotopic (exact) mass is 347 g/mol. The average molecular weight is 347 g/mol. The third-order valence-corrected chi connectivity index (χ3v) is 4.13. The molecule has 1 aliphatic heterocycles. The molecule has 0 radical (unpaired) electrons. The van der Waals surface area contributed by atoms with Gasteiger partial charge in [-0.1, -0.05) is 6.07 Å². The molecule has 0 bridgehead atoms. The van der Waals surface area contributed by atoms with Gasteiger partial charge < -0.3 is 9.64 Å². The molecule has 0 saturated carbocycles. The van der Waals surface area contributed by atoms with Crippen LogP contribution in [0.15, 0.2) is 30.5 Å². The van der Waals surface area contributed by atoms with E-state index in [1.165, 1.54) is 6.07 Å². The van der Waals surface area contributed by atoms with Crippen LogP contribution in [0.5, 0.6) is 5.88 Å². The number of benzene rings is 1. The number of halogens is 2. The molecule has 2 heterocycles. The van der Waals surface area contributed by atoms with Gasteiger partial charge in [0.2, 0.25) is 11.8 Å². The summed E-state index contributed by atoms with van der Waals surface area (Å²) in [6, 6.07) is 4.94. The van der Waals surface area contributed by atoms with Crippen molar-refractivity contribution >= 4 is 5.91 Å². The van der Waals surface area contributed by atoms with Crippen molar-refractivity contribution in [2.45, 2.75) is 32.3 Å². The second kappa shape index (κ2) is 7.55. The standard InChI is InChI=1S/C18H19F2N3O2/c1-12-21-7-6-17(22-12)25-15-3-2-8-23(11-15)18(24)9-13-4-5-14(19)10-16(13)20/h4-7,10,15H,2-3,8-9,11H2,1H3. The van der Waals surface area contributed by atoms with Crippen molar-refractivity contribution in [2.75, 3.05) is 13.1 Å². The zero-order valence-electron chi connectivity index (χ0n) is 13.9. The Kier molecular flexibility index (Phi) is 5.21. The molecule has 3 rings (SSSR count). The number of piperidine rings is 1. The molecule has 1 unspecified atom stereocenters. The highest BCUT2D eigenvalue weighted by atomic mass is 19.1. The Morgan fingerprint density at radius 1 is 1.36 bits per heavy atom. The number of hydrogen-bond acceptors (Lipinski definition) is 4. The van der Waals surface area contributed by atoms with Gasteiger partial charge in [0.25, 0.3) is 0 Å². The molecule has 132 valence electrons. The lowest BCUT2D eigenvalue weighted by atomic mass is 10.1. The largest absolute Gasteiger partial charge is 0.472 e. The second-order valence-corrected chi connectivity index (χ2v) is 6.08. The zero-order valence-corrected chi connectivity index (χ0v) is 13.9. The van der Waals surface area contributed by atoms with E-state index in [9.17, 15) is 13.6 Å². The van der Waals surface area contributed by atoms with Crippen LogP contribution in [0.2, 0.25) is 0 Å². The molecule has 5 nitrogen and oxygen atoms in total. The van der Waals surface area contributed by atoms with Gasteiger partial charge in [0.1, 0.15) is 23.6 Å². The van der Waals surface area contributed by atoms with Crippen molar-refractivity contribution in [2.24, 2.45) is 0 Å². The van der Waals surface area contributed by atoms with Crippen LogP contribution in [-0.2, 0) is 11.2 Å². The van der Waals surface area contributed by atoms with Gasteiger partial charge in [-0.25, -0.2) is 13.8 Å². The Bertz CT molecular complexity index is 770. The summed E-state index contributed by atoms with van der Waals surface area (Å²) in [5.74, 6) is -0.447. The summed E-state index contributed by atoms with van der Waals surface area (Å²) in [7, 11) is 0. The summed E-state index contributed by atoms with van der Waals surface area (Å²) in [4.78, 5) is 22.3. The minimum atomic E-state index is -0.699. The number of aromatic nitrogens is 2. The summed E-state index contributed by atoms with van der Waals surface area (Å²) < 4.78 is 32.5. The molecule has 1 atom stereocenters. The molecule has 0 N–H and O–H groups in total. The van der Waals surface area contributed by atoms with Crippen molar-refractivity contribution in [3.8, 4) is 5.88 Å². The first-order valence-electron chi connectivity index (χ1n) is 8.19. The predicted octanol–water partition coefficient (Wildman–Crippen LogP) is 2.68. The lowest BCUT2D eigenvalue weighted by molar-refractivity contribution is -0.133. The van der Waals surface area contributed by atoms with Crippen molar-refractivity contribution in [1.82, 2.24) is 14.9 Å². The minimum absolute atomic E-state index is 0.0918. The number of ether oxygens (including phenoxy) is 1. The number of rotatable bonds is 4. The van der Waals surface area contributed by atoms with Gasteiger partial charge in [0.05, 0.1) is 13.0 Å². The topological polar surface area (TPSA) is 55.3 Å². The Morgan fingerprint density at radius 2 is 2.20 bits per heavy atom. The van der Waals surface area contributed by atoms with Gasteiger partial charge in [0.15, 0.2) is 0 Å². The number of nitrogens with zero attached hydrogens (tertiary/aromatic N) is 3. The van der Waals surface area contributed by atoms with Crippen molar-refractivity contribution < 1.29 is 18.3 Å². The molecule has 1 saturated heterocycles. The SMILES string of the molecule is Cc1nccc(OC2CCCN(C(=O)Cc3ccc(F)cc3F)C2)n1. The first-order chi connectivity index (χ1) is 12.0. The molecule has 7 heteroatoms. The quantitative estimate of drug-likeness (QED) is 0.853. The van der Waals surface area contributed by atoms with Crippen LogP contribution in [0.3, 0.4) is 0 Å². The Hall–Kier alpha value is -2.57. The lowest BCUT2D eigenvalue weighted by Crippen LogP contribution is -2.45. The maximum Gasteiger partial charge on any atom is 0.227 e. The molecular weight excluding hydrogens is 328 g/mol. The first kappa shape index (κ1) is 17.3. The summed E-state index contributed by atoms with van der Waals surface area (Å²) in [6.07, 6.45) is 2.99. The number of hydrogen-bond donors (Lipinski definition) is 0. The van der Waals surface area contributed by atoms with Gasteiger partial charge in [-0.3, -0.25) is 4.79 Å². The molecule has 2 aromatic rings. The van der Waals surface area contributed by atoms with E-state index in [-0.39, 0.29) is 24.0 Å². The number of carbonyl (C=O) groups is 1. The van der Waals surface area contributed by atoms with E-state index in [1.807, 2.05) is 0 Å². The molecular formula is C18H19F2N3O2. The highest BCUT2D eigenvalue weighted by Gasteiger charge is 2.25. The maximum absolute atomic E-state index is 13.7. The molecule has 1 aromatic heterocycles. The van der Waals surface area contributed by atoms with E-state index >= 15 is 0 Å². The second-order valence-electron chi connectivity index (χ2n) is 6.08. The van der Waals surface area contributed by atoms with Crippen LogP contribution >= 0.6 is 0 Å². The van der Waals surface area contributed by atoms with Gasteiger partial charge in [-0.05, 0) is 31.4 Å². The summed E-state index contributed by atoms with van der Waals surface area (Å²) >= 11 is 0. The van der Waals surface area contributed by atoms with Crippen molar-refractivity contribution in [1.29, 1.82) is 0 Å². The van der Waals surface area contributed by atoms with Crippen molar-refractivity contribution in [3.63, 3.8) is 0 Å². The average Bonchev–Trinajstić information content (AvgIpc) is 2.57. The molecule has 25 heavy (non-hydrogen) atoms. The van der Waals surface area contributed by atoms with E-state index in [1.54, 1.807) is 24.1 Å². The number of carbonyl (C=O) groups excluding carboxylic acids is 1. The predicted molar refractivity (Wildman–Crippen MR) is 87.1 cm³/mol. The summed E-state index contributed by atoms with van der Waals surface area (Å²) in [5.41, 5.74) is 0.195. The Labute approximate surface area is 144 Å². The Morgan fingerprint density at radius 3 is 2.96 bits per heavy atom. The summed E-state index contributed by atoms with van der Waals surface area (Å²) in [6.45, 7) is 2.80. The van der Waals surface area contributed by atoms with E-state index < -0.39 is 11.6 Å². The third kappa shape index (κ3) is 4.49.